The lowest BCUT2D eigenvalue weighted by molar-refractivity contribution is 0.330. The van der Waals surface area contributed by atoms with Crippen LogP contribution in [0.4, 0.5) is 0 Å². The lowest BCUT2D eigenvalue weighted by Crippen LogP contribution is -2.31. The molecule has 0 saturated carbocycles. The zero-order valence-electron chi connectivity index (χ0n) is 14.9. The molecule has 0 radical (unpaired) electrons. The third-order valence-electron chi connectivity index (χ3n) is 4.97. The molecule has 4 heteroatoms. The zero-order valence-corrected chi connectivity index (χ0v) is 15.6. The van der Waals surface area contributed by atoms with E-state index in [9.17, 15) is 0 Å². The van der Waals surface area contributed by atoms with Gasteiger partial charge in [0.15, 0.2) is 0 Å². The molecule has 25 heavy (non-hydrogen) atoms. The number of aryl methyl sites for hydroxylation is 2. The molecule has 0 bridgehead atoms. The van der Waals surface area contributed by atoms with Crippen molar-refractivity contribution in [2.45, 2.75) is 33.2 Å². The van der Waals surface area contributed by atoms with Gasteiger partial charge in [0.2, 0.25) is 0 Å². The van der Waals surface area contributed by atoms with E-state index in [2.05, 4.69) is 42.3 Å². The highest BCUT2D eigenvalue weighted by Crippen LogP contribution is 2.39. The summed E-state index contributed by atoms with van der Waals surface area (Å²) in [4.78, 5) is 3.64. The maximum absolute atomic E-state index is 6.37. The Morgan fingerprint density at radius 2 is 2.04 bits per heavy atom. The van der Waals surface area contributed by atoms with Gasteiger partial charge in [0.1, 0.15) is 5.75 Å². The number of rotatable bonds is 3. The van der Waals surface area contributed by atoms with Crippen LogP contribution in [-0.2, 0) is 6.42 Å². The van der Waals surface area contributed by atoms with E-state index in [-0.39, 0.29) is 6.04 Å². The number of aromatic nitrogens is 1. The molecule has 2 heterocycles. The minimum Gasteiger partial charge on any atom is -0.493 e. The highest BCUT2D eigenvalue weighted by atomic mass is 35.5. The predicted molar refractivity (Wildman–Crippen MR) is 104 cm³/mol. The van der Waals surface area contributed by atoms with Crippen LogP contribution in [0.15, 0.2) is 30.3 Å². The van der Waals surface area contributed by atoms with E-state index in [0.717, 1.165) is 34.9 Å². The first-order valence-electron chi connectivity index (χ1n) is 8.85. The van der Waals surface area contributed by atoms with Crippen molar-refractivity contribution < 1.29 is 4.74 Å². The molecule has 1 atom stereocenters. The molecular formula is C21H23ClN2O. The highest BCUT2D eigenvalue weighted by molar-refractivity contribution is 6.30. The van der Waals surface area contributed by atoms with Crippen LogP contribution < -0.4 is 10.1 Å². The Bertz CT molecular complexity index is 945. The second-order valence-electron chi connectivity index (χ2n) is 6.78. The monoisotopic (exact) mass is 354 g/mol. The number of nitrogens with one attached hydrogen (secondary N) is 2. The van der Waals surface area contributed by atoms with Gasteiger partial charge in [0, 0.05) is 33.7 Å². The molecular weight excluding hydrogens is 332 g/mol. The number of benzene rings is 2. The van der Waals surface area contributed by atoms with E-state index >= 15 is 0 Å². The Labute approximate surface area is 153 Å². The molecule has 0 saturated heterocycles. The molecule has 3 aromatic rings. The number of fused-ring (bicyclic) bond motifs is 3. The molecule has 0 amide bonds. The summed E-state index contributed by atoms with van der Waals surface area (Å²) in [6, 6.07) is 10.7. The molecule has 0 spiro atoms. The van der Waals surface area contributed by atoms with Crippen LogP contribution in [0.3, 0.4) is 0 Å². The van der Waals surface area contributed by atoms with E-state index in [1.807, 2.05) is 19.1 Å². The van der Waals surface area contributed by atoms with Crippen LogP contribution in [0.1, 0.15) is 40.9 Å². The highest BCUT2D eigenvalue weighted by Gasteiger charge is 2.28. The molecule has 130 valence electrons. The van der Waals surface area contributed by atoms with Gasteiger partial charge in [0.05, 0.1) is 12.6 Å². The lowest BCUT2D eigenvalue weighted by atomic mass is 9.92. The van der Waals surface area contributed by atoms with Gasteiger partial charge in [0.25, 0.3) is 0 Å². The van der Waals surface area contributed by atoms with E-state index < -0.39 is 0 Å². The predicted octanol–water partition coefficient (Wildman–Crippen LogP) is 5.07. The Balaban J connectivity index is 1.91. The van der Waals surface area contributed by atoms with Crippen molar-refractivity contribution in [2.24, 2.45) is 0 Å². The molecule has 0 fully saturated rings. The van der Waals surface area contributed by atoms with E-state index in [0.29, 0.717) is 6.61 Å². The summed E-state index contributed by atoms with van der Waals surface area (Å²) in [5, 5.41) is 5.73. The number of hydrogen-bond donors (Lipinski definition) is 2. The van der Waals surface area contributed by atoms with Crippen LogP contribution >= 0.6 is 11.6 Å². The second-order valence-corrected chi connectivity index (χ2v) is 7.21. The third kappa shape index (κ3) is 2.82. The van der Waals surface area contributed by atoms with Crippen molar-refractivity contribution in [3.63, 3.8) is 0 Å². The van der Waals surface area contributed by atoms with Crippen molar-refractivity contribution in [3.05, 3.63) is 63.3 Å². The van der Waals surface area contributed by atoms with Crippen LogP contribution in [0, 0.1) is 13.8 Å². The lowest BCUT2D eigenvalue weighted by Gasteiger charge is -2.27. The minimum atomic E-state index is 0.0652. The van der Waals surface area contributed by atoms with E-state index in [4.69, 9.17) is 16.3 Å². The number of aromatic amines is 1. The average molecular weight is 355 g/mol. The van der Waals surface area contributed by atoms with Gasteiger partial charge >= 0.3 is 0 Å². The number of H-pyrrole nitrogens is 1. The summed E-state index contributed by atoms with van der Waals surface area (Å²) >= 11 is 6.37. The van der Waals surface area contributed by atoms with Gasteiger partial charge in [-0.25, -0.2) is 0 Å². The Morgan fingerprint density at radius 3 is 2.84 bits per heavy atom. The largest absolute Gasteiger partial charge is 0.493 e. The number of halogens is 1. The molecule has 4 rings (SSSR count). The molecule has 2 N–H and O–H groups in total. The zero-order chi connectivity index (χ0) is 17.6. The topological polar surface area (TPSA) is 37.0 Å². The maximum Gasteiger partial charge on any atom is 0.127 e. The summed E-state index contributed by atoms with van der Waals surface area (Å²) in [6.45, 7) is 7.80. The van der Waals surface area contributed by atoms with Crippen molar-refractivity contribution in [1.82, 2.24) is 10.3 Å². The fourth-order valence-corrected chi connectivity index (χ4v) is 4.20. The van der Waals surface area contributed by atoms with E-state index in [1.54, 1.807) is 0 Å². The number of ether oxygens (including phenoxy) is 1. The van der Waals surface area contributed by atoms with E-state index in [1.165, 1.54) is 27.7 Å². The summed E-state index contributed by atoms with van der Waals surface area (Å²) in [5.41, 5.74) is 7.30. The molecule has 1 aliphatic rings. The second kappa shape index (κ2) is 6.40. The van der Waals surface area contributed by atoms with Crippen molar-refractivity contribution >= 4 is 22.5 Å². The van der Waals surface area contributed by atoms with Gasteiger partial charge in [-0.3, -0.25) is 0 Å². The minimum absolute atomic E-state index is 0.0652. The maximum atomic E-state index is 6.37. The Morgan fingerprint density at radius 1 is 1.20 bits per heavy atom. The fraction of sp³-hybridized carbons (Fsp3) is 0.333. The standard InChI is InChI=1S/C21H23ClN2O/c1-4-25-21-13(3)10-14(22)11-17(21)19-20-15(7-8-23-19)16-9-12(2)5-6-18(16)24-20/h5-6,9-11,19,23-24H,4,7-8H2,1-3H3. The normalized spacial score (nSPS) is 16.9. The summed E-state index contributed by atoms with van der Waals surface area (Å²) < 4.78 is 5.97. The smallest absolute Gasteiger partial charge is 0.127 e. The van der Waals surface area contributed by atoms with Gasteiger partial charge in [-0.15, -0.1) is 0 Å². The van der Waals surface area contributed by atoms with Crippen LogP contribution in [0.25, 0.3) is 10.9 Å². The number of hydrogen-bond acceptors (Lipinski definition) is 2. The van der Waals surface area contributed by atoms with Crippen molar-refractivity contribution in [1.29, 1.82) is 0 Å². The average Bonchev–Trinajstić information content (AvgIpc) is 2.95. The first kappa shape index (κ1) is 16.5. The van der Waals surface area contributed by atoms with Gasteiger partial charge in [-0.05, 0) is 62.6 Å². The molecule has 2 aromatic carbocycles. The summed E-state index contributed by atoms with van der Waals surface area (Å²) in [7, 11) is 0. The molecule has 3 nitrogen and oxygen atoms in total. The van der Waals surface area contributed by atoms with Crippen LogP contribution in [-0.4, -0.2) is 18.1 Å². The fourth-order valence-electron chi connectivity index (χ4n) is 3.92. The first-order valence-corrected chi connectivity index (χ1v) is 9.23. The van der Waals surface area contributed by atoms with Crippen molar-refractivity contribution in [2.75, 3.05) is 13.2 Å². The van der Waals surface area contributed by atoms with Crippen LogP contribution in [0.2, 0.25) is 5.02 Å². The SMILES string of the molecule is CCOc1c(C)cc(Cl)cc1C1NCCc2c1[nH]c1ccc(C)cc21. The molecule has 1 aliphatic heterocycles. The summed E-state index contributed by atoms with van der Waals surface area (Å²) in [6.07, 6.45) is 1.03. The van der Waals surface area contributed by atoms with Crippen molar-refractivity contribution in [3.8, 4) is 5.75 Å². The molecule has 1 aromatic heterocycles. The molecule has 0 aliphatic carbocycles. The van der Waals surface area contributed by atoms with Gasteiger partial charge in [-0.2, -0.15) is 0 Å². The Kier molecular flexibility index (Phi) is 4.22. The third-order valence-corrected chi connectivity index (χ3v) is 5.19. The summed E-state index contributed by atoms with van der Waals surface area (Å²) in [5.74, 6) is 0.937. The quantitative estimate of drug-likeness (QED) is 0.688. The van der Waals surface area contributed by atoms with Gasteiger partial charge in [-0.1, -0.05) is 23.2 Å². The van der Waals surface area contributed by atoms with Gasteiger partial charge < -0.3 is 15.0 Å². The molecule has 1 unspecified atom stereocenters. The van der Waals surface area contributed by atoms with Crippen LogP contribution in [0.5, 0.6) is 5.75 Å². The Hall–Kier alpha value is -1.97. The first-order chi connectivity index (χ1) is 12.1.